The molecule has 0 saturated heterocycles. The number of carbonyl (C=O) groups is 1. The molecule has 0 aliphatic heterocycles. The zero-order chi connectivity index (χ0) is 16.7. The lowest BCUT2D eigenvalue weighted by Crippen LogP contribution is -2.63. The highest BCUT2D eigenvalue weighted by Gasteiger charge is 2.67. The number of fused-ring (bicyclic) bond motifs is 3. The fourth-order valence-electron chi connectivity index (χ4n) is 7.09. The third-order valence-electron chi connectivity index (χ3n) is 8.42. The molecule has 4 aliphatic rings. The topological polar surface area (TPSA) is 57.5 Å². The van der Waals surface area contributed by atoms with Crippen molar-refractivity contribution in [3.63, 3.8) is 0 Å². The van der Waals surface area contributed by atoms with Gasteiger partial charge in [-0.15, -0.1) is 0 Å². The second kappa shape index (κ2) is 4.49. The summed E-state index contributed by atoms with van der Waals surface area (Å²) in [5.74, 6) is 0.874. The van der Waals surface area contributed by atoms with E-state index in [0.29, 0.717) is 12.3 Å². The predicted molar refractivity (Wildman–Crippen MR) is 88.7 cm³/mol. The quantitative estimate of drug-likeness (QED) is 0.731. The highest BCUT2D eigenvalue weighted by molar-refractivity contribution is 5.89. The van der Waals surface area contributed by atoms with E-state index in [-0.39, 0.29) is 40.7 Å². The number of allylic oxidation sites excluding steroid dienone is 1. The number of hydrogen-bond donors (Lipinski definition) is 2. The number of carbonyl (C=O) groups excluding carboxylic acids is 1. The molecule has 0 unspecified atom stereocenters. The molecule has 1 spiro atoms. The van der Waals surface area contributed by atoms with Crippen LogP contribution in [0.25, 0.3) is 0 Å². The van der Waals surface area contributed by atoms with Crippen molar-refractivity contribution in [2.45, 2.75) is 65.4 Å². The lowest BCUT2D eigenvalue weighted by atomic mass is 9.39. The van der Waals surface area contributed by atoms with Gasteiger partial charge in [0, 0.05) is 11.8 Å². The van der Waals surface area contributed by atoms with Gasteiger partial charge in [0.05, 0.1) is 18.1 Å². The minimum absolute atomic E-state index is 0.0102. The Morgan fingerprint density at radius 2 is 1.87 bits per heavy atom. The van der Waals surface area contributed by atoms with Crippen LogP contribution in [0, 0.1) is 33.5 Å². The van der Waals surface area contributed by atoms with E-state index in [2.05, 4.69) is 26.8 Å². The summed E-state index contributed by atoms with van der Waals surface area (Å²) in [4.78, 5) is 12.8. The molecule has 0 aromatic heterocycles. The van der Waals surface area contributed by atoms with E-state index in [1.165, 1.54) is 0 Å². The summed E-state index contributed by atoms with van der Waals surface area (Å²) in [5, 5.41) is 20.8. The number of rotatable bonds is 1. The number of aliphatic hydroxyl groups excluding tert-OH is 2. The maximum absolute atomic E-state index is 12.8. The molecular formula is C20H30O3. The third kappa shape index (κ3) is 1.76. The van der Waals surface area contributed by atoms with Crippen LogP contribution >= 0.6 is 0 Å². The average molecular weight is 318 g/mol. The number of Topliss-reactive ketones (excluding diaryl/α,β-unsaturated/α-hetero) is 1. The van der Waals surface area contributed by atoms with Crippen LogP contribution in [0.15, 0.2) is 12.2 Å². The number of ketones is 1. The molecule has 23 heavy (non-hydrogen) atoms. The van der Waals surface area contributed by atoms with Gasteiger partial charge >= 0.3 is 0 Å². The maximum Gasteiger partial charge on any atom is 0.145 e. The minimum Gasteiger partial charge on any atom is -0.395 e. The van der Waals surface area contributed by atoms with Gasteiger partial charge in [-0.25, -0.2) is 0 Å². The van der Waals surface area contributed by atoms with Crippen molar-refractivity contribution >= 4 is 5.78 Å². The summed E-state index contributed by atoms with van der Waals surface area (Å²) >= 11 is 0. The van der Waals surface area contributed by atoms with Crippen LogP contribution in [0.1, 0.15) is 59.3 Å². The Bertz CT molecular complexity index is 579. The van der Waals surface area contributed by atoms with Gasteiger partial charge < -0.3 is 10.2 Å². The fraction of sp³-hybridized carbons (Fsp3) is 0.850. The first-order chi connectivity index (χ1) is 10.7. The first kappa shape index (κ1) is 15.8. The first-order valence-electron chi connectivity index (χ1n) is 9.23. The zero-order valence-electron chi connectivity index (χ0n) is 14.6. The second-order valence-corrected chi connectivity index (χ2v) is 9.74. The Labute approximate surface area is 139 Å². The molecule has 128 valence electrons. The highest BCUT2D eigenvalue weighted by atomic mass is 16.3. The molecule has 6 atom stereocenters. The Morgan fingerprint density at radius 1 is 1.13 bits per heavy atom. The molecule has 4 aliphatic carbocycles. The van der Waals surface area contributed by atoms with E-state index in [9.17, 15) is 15.0 Å². The van der Waals surface area contributed by atoms with Gasteiger partial charge in [0.15, 0.2) is 0 Å². The molecule has 3 nitrogen and oxygen atoms in total. The highest BCUT2D eigenvalue weighted by Crippen LogP contribution is 2.70. The van der Waals surface area contributed by atoms with Gasteiger partial charge in [-0.2, -0.15) is 0 Å². The summed E-state index contributed by atoms with van der Waals surface area (Å²) in [5.41, 5.74) is -0.580. The molecule has 2 bridgehead atoms. The molecule has 4 rings (SSSR count). The predicted octanol–water partition coefficient (Wildman–Crippen LogP) is 3.10. The monoisotopic (exact) mass is 318 g/mol. The van der Waals surface area contributed by atoms with Crippen molar-refractivity contribution in [3.8, 4) is 0 Å². The molecule has 3 saturated carbocycles. The van der Waals surface area contributed by atoms with Gasteiger partial charge in [-0.1, -0.05) is 32.9 Å². The maximum atomic E-state index is 12.8. The van der Waals surface area contributed by atoms with Crippen LogP contribution in [0.2, 0.25) is 0 Å². The first-order valence-corrected chi connectivity index (χ1v) is 9.23. The zero-order valence-corrected chi connectivity index (χ0v) is 14.6. The molecule has 3 heteroatoms. The molecule has 0 amide bonds. The van der Waals surface area contributed by atoms with Crippen LogP contribution in [0.4, 0.5) is 0 Å². The van der Waals surface area contributed by atoms with Crippen LogP contribution in [-0.2, 0) is 4.79 Å². The van der Waals surface area contributed by atoms with Crippen molar-refractivity contribution < 1.29 is 15.0 Å². The van der Waals surface area contributed by atoms with Crippen LogP contribution in [0.5, 0.6) is 0 Å². The molecular weight excluding hydrogens is 288 g/mol. The lowest BCUT2D eigenvalue weighted by molar-refractivity contribution is -0.197. The summed E-state index contributed by atoms with van der Waals surface area (Å²) in [6.07, 6.45) is 9.34. The minimum atomic E-state index is -0.630. The van der Waals surface area contributed by atoms with E-state index >= 15 is 0 Å². The normalized spacial score (nSPS) is 53.8. The van der Waals surface area contributed by atoms with Crippen molar-refractivity contribution in [2.75, 3.05) is 6.61 Å². The van der Waals surface area contributed by atoms with E-state index in [4.69, 9.17) is 0 Å². The standard InChI is InChI=1S/C20H30O3/c1-17(2)6-5-15(22)18(3)13(17)4-7-19-8-9-20(11-19,12-21)16(23)10-14(18)19/h8-9,13-15,21-22H,4-7,10-12H2,1-3H3/t13-,14+,15+,18-,19+,20-/m1/s1. The van der Waals surface area contributed by atoms with Crippen molar-refractivity contribution in [2.24, 2.45) is 33.5 Å². The largest absolute Gasteiger partial charge is 0.395 e. The van der Waals surface area contributed by atoms with Crippen molar-refractivity contribution in [3.05, 3.63) is 12.2 Å². The smallest absolute Gasteiger partial charge is 0.145 e. The molecule has 0 radical (unpaired) electrons. The SMILES string of the molecule is CC1(C)CC[C@H](O)[C@]2(C)[C@@H]1CC[C@]13C=C[C@](CO)(C1)C(=O)C[C@H]32. The fourth-order valence-corrected chi connectivity index (χ4v) is 7.09. The van der Waals surface area contributed by atoms with E-state index in [0.717, 1.165) is 32.1 Å². The van der Waals surface area contributed by atoms with Crippen molar-refractivity contribution in [1.82, 2.24) is 0 Å². The Kier molecular flexibility index (Phi) is 3.09. The van der Waals surface area contributed by atoms with Gasteiger partial charge in [0.25, 0.3) is 0 Å². The van der Waals surface area contributed by atoms with E-state index < -0.39 is 5.41 Å². The van der Waals surface area contributed by atoms with Gasteiger partial charge in [0.2, 0.25) is 0 Å². The molecule has 3 fully saturated rings. The van der Waals surface area contributed by atoms with Gasteiger partial charge in [-0.3, -0.25) is 4.79 Å². The Morgan fingerprint density at radius 3 is 2.57 bits per heavy atom. The third-order valence-corrected chi connectivity index (χ3v) is 8.42. The molecule has 0 aromatic carbocycles. The van der Waals surface area contributed by atoms with E-state index in [1.54, 1.807) is 0 Å². The van der Waals surface area contributed by atoms with Gasteiger partial charge in [-0.05, 0) is 54.8 Å². The number of hydrogen-bond acceptors (Lipinski definition) is 3. The Balaban J connectivity index is 1.80. The molecule has 2 N–H and O–H groups in total. The molecule has 0 aromatic rings. The van der Waals surface area contributed by atoms with Crippen LogP contribution in [-0.4, -0.2) is 28.7 Å². The van der Waals surface area contributed by atoms with Crippen molar-refractivity contribution in [1.29, 1.82) is 0 Å². The summed E-state index contributed by atoms with van der Waals surface area (Å²) in [7, 11) is 0. The summed E-state index contributed by atoms with van der Waals surface area (Å²) in [6.45, 7) is 6.87. The van der Waals surface area contributed by atoms with Crippen LogP contribution in [0.3, 0.4) is 0 Å². The Hall–Kier alpha value is -0.670. The average Bonchev–Trinajstić information content (AvgIpc) is 2.83. The molecule has 0 heterocycles. The lowest BCUT2D eigenvalue weighted by Gasteiger charge is -2.65. The summed E-state index contributed by atoms with van der Waals surface area (Å²) < 4.78 is 0. The second-order valence-electron chi connectivity index (χ2n) is 9.74. The van der Waals surface area contributed by atoms with Crippen LogP contribution < -0.4 is 0 Å². The number of aliphatic hydroxyl groups is 2. The summed E-state index contributed by atoms with van der Waals surface area (Å²) in [6, 6.07) is 0. The van der Waals surface area contributed by atoms with E-state index in [1.807, 2.05) is 6.08 Å². The van der Waals surface area contributed by atoms with Gasteiger partial charge in [0.1, 0.15) is 5.78 Å².